The van der Waals surface area contributed by atoms with Crippen LogP contribution in [-0.2, 0) is 19.5 Å². The SMILES string of the molecule is [CH2-]/C=C/C.[CH2-]CCC.[Zn+2]. The van der Waals surface area contributed by atoms with Gasteiger partial charge in [-0.1, -0.05) is 13.3 Å². The summed E-state index contributed by atoms with van der Waals surface area (Å²) in [5, 5.41) is 0. The maximum atomic E-state index is 3.60. The molecule has 0 radical (unpaired) electrons. The first-order chi connectivity index (χ1) is 3.83. The minimum Gasteiger partial charge on any atom is -0.343 e. The van der Waals surface area contributed by atoms with Crippen LogP contribution in [0.25, 0.3) is 0 Å². The molecule has 0 N–H and O–H groups in total. The van der Waals surface area contributed by atoms with E-state index in [2.05, 4.69) is 20.8 Å². The van der Waals surface area contributed by atoms with Crippen molar-refractivity contribution in [1.82, 2.24) is 0 Å². The molecule has 0 bridgehead atoms. The average Bonchev–Trinajstić information content (AvgIpc) is 1.88. The summed E-state index contributed by atoms with van der Waals surface area (Å²) in [6, 6.07) is 0. The predicted molar refractivity (Wildman–Crippen MR) is 40.4 cm³/mol. The van der Waals surface area contributed by atoms with Gasteiger partial charge in [0.25, 0.3) is 0 Å². The second-order valence-corrected chi connectivity index (χ2v) is 1.42. The molecule has 0 aromatic rings. The van der Waals surface area contributed by atoms with Crippen molar-refractivity contribution in [3.8, 4) is 0 Å². The zero-order chi connectivity index (χ0) is 6.83. The molecule has 0 aromatic heterocycles. The Morgan fingerprint density at radius 3 is 1.67 bits per heavy atom. The molecule has 0 spiro atoms. The summed E-state index contributed by atoms with van der Waals surface area (Å²) in [4.78, 5) is 0. The van der Waals surface area contributed by atoms with Gasteiger partial charge in [-0.2, -0.15) is 6.42 Å². The molecule has 0 aliphatic rings. The van der Waals surface area contributed by atoms with Gasteiger partial charge < -0.3 is 6.92 Å². The van der Waals surface area contributed by atoms with Crippen LogP contribution in [0.2, 0.25) is 0 Å². The Bertz CT molecular complexity index is 33.8. The second-order valence-electron chi connectivity index (χ2n) is 1.42. The van der Waals surface area contributed by atoms with E-state index in [1.807, 2.05) is 13.0 Å². The smallest absolute Gasteiger partial charge is 0.343 e. The summed E-state index contributed by atoms with van der Waals surface area (Å²) in [6.45, 7) is 11.1. The average molecular weight is 178 g/mol. The van der Waals surface area contributed by atoms with Gasteiger partial charge >= 0.3 is 19.5 Å². The van der Waals surface area contributed by atoms with Crippen molar-refractivity contribution in [2.75, 3.05) is 0 Å². The van der Waals surface area contributed by atoms with Crippen LogP contribution in [0, 0.1) is 13.8 Å². The monoisotopic (exact) mass is 176 g/mol. The Hall–Kier alpha value is 0.233. The quantitative estimate of drug-likeness (QED) is 0.427. The van der Waals surface area contributed by atoms with E-state index in [1.165, 1.54) is 6.42 Å². The number of hydrogen-bond acceptors (Lipinski definition) is 0. The molecule has 0 saturated carbocycles. The first-order valence-electron chi connectivity index (χ1n) is 3.03. The van der Waals surface area contributed by atoms with E-state index in [-0.39, 0.29) is 19.5 Å². The summed E-state index contributed by atoms with van der Waals surface area (Å²) < 4.78 is 0. The fourth-order valence-electron chi connectivity index (χ4n) is 0. The minimum absolute atomic E-state index is 0. The number of rotatable bonds is 1. The van der Waals surface area contributed by atoms with Gasteiger partial charge in [0.1, 0.15) is 0 Å². The molecule has 0 aromatic carbocycles. The largest absolute Gasteiger partial charge is 2.00 e. The summed E-state index contributed by atoms with van der Waals surface area (Å²) in [5.74, 6) is 0. The van der Waals surface area contributed by atoms with Crippen LogP contribution in [0.3, 0.4) is 0 Å². The number of unbranched alkanes of at least 4 members (excludes halogenated alkanes) is 1. The van der Waals surface area contributed by atoms with Crippen molar-refractivity contribution < 1.29 is 19.5 Å². The molecular weight excluding hydrogens is 161 g/mol. The Morgan fingerprint density at radius 1 is 1.44 bits per heavy atom. The molecule has 0 amide bonds. The first kappa shape index (κ1) is 16.1. The normalized spacial score (nSPS) is 7.44. The van der Waals surface area contributed by atoms with Crippen molar-refractivity contribution >= 4 is 0 Å². The molecule has 1 heteroatoms. The van der Waals surface area contributed by atoms with Gasteiger partial charge in [-0.3, -0.25) is 0 Å². The Kier molecular flexibility index (Phi) is 43.0. The molecule has 50 valence electrons. The summed E-state index contributed by atoms with van der Waals surface area (Å²) in [6.07, 6.45) is 5.92. The Labute approximate surface area is 72.5 Å². The van der Waals surface area contributed by atoms with Crippen LogP contribution < -0.4 is 0 Å². The molecular formula is C8H16Zn. The van der Waals surface area contributed by atoms with Crippen molar-refractivity contribution in [3.63, 3.8) is 0 Å². The van der Waals surface area contributed by atoms with E-state index in [4.69, 9.17) is 0 Å². The fourth-order valence-corrected chi connectivity index (χ4v) is 0. The van der Waals surface area contributed by atoms with Gasteiger partial charge in [0, 0.05) is 0 Å². The van der Waals surface area contributed by atoms with Crippen LogP contribution in [0.15, 0.2) is 12.2 Å². The van der Waals surface area contributed by atoms with E-state index in [0.717, 1.165) is 6.42 Å². The molecule has 0 saturated heterocycles. The standard InChI is InChI=1S/C4H9.C4H7.Zn/c2*1-3-4-2;/h1,3-4H2,2H3;3-4H,1H2,2H3;/q2*-1;+2/b;4-3+;. The van der Waals surface area contributed by atoms with Gasteiger partial charge in [-0.15, -0.1) is 6.92 Å². The molecule has 0 aliphatic heterocycles. The molecule has 0 fully saturated rings. The van der Waals surface area contributed by atoms with Gasteiger partial charge in [-0.05, 0) is 0 Å². The predicted octanol–water partition coefficient (Wildman–Crippen LogP) is 3.01. The molecule has 9 heavy (non-hydrogen) atoms. The summed E-state index contributed by atoms with van der Waals surface area (Å²) >= 11 is 0. The topological polar surface area (TPSA) is 0 Å². The first-order valence-corrected chi connectivity index (χ1v) is 3.03. The van der Waals surface area contributed by atoms with E-state index >= 15 is 0 Å². The summed E-state index contributed by atoms with van der Waals surface area (Å²) in [5.41, 5.74) is 0. The number of hydrogen-bond donors (Lipinski definition) is 0. The van der Waals surface area contributed by atoms with E-state index in [1.54, 1.807) is 6.08 Å². The fraction of sp³-hybridized carbons (Fsp3) is 0.500. The molecule has 0 aliphatic carbocycles. The van der Waals surface area contributed by atoms with Crippen molar-refractivity contribution in [1.29, 1.82) is 0 Å². The Balaban J connectivity index is -0.0000000720. The van der Waals surface area contributed by atoms with Crippen LogP contribution in [0.4, 0.5) is 0 Å². The molecule has 0 unspecified atom stereocenters. The molecule has 0 atom stereocenters. The van der Waals surface area contributed by atoms with Crippen LogP contribution in [0.1, 0.15) is 26.7 Å². The van der Waals surface area contributed by atoms with Gasteiger partial charge in [0.2, 0.25) is 0 Å². The number of allylic oxidation sites excluding steroid dienone is 2. The second kappa shape index (κ2) is 24.0. The third-order valence-electron chi connectivity index (χ3n) is 0.589. The van der Waals surface area contributed by atoms with Crippen molar-refractivity contribution in [2.45, 2.75) is 26.7 Å². The van der Waals surface area contributed by atoms with Crippen molar-refractivity contribution in [2.24, 2.45) is 0 Å². The minimum atomic E-state index is 0. The summed E-state index contributed by atoms with van der Waals surface area (Å²) in [7, 11) is 0. The van der Waals surface area contributed by atoms with Crippen LogP contribution >= 0.6 is 0 Å². The zero-order valence-electron chi connectivity index (χ0n) is 6.69. The third kappa shape index (κ3) is 64.1. The van der Waals surface area contributed by atoms with E-state index < -0.39 is 0 Å². The van der Waals surface area contributed by atoms with Gasteiger partial charge in [0.05, 0.1) is 0 Å². The van der Waals surface area contributed by atoms with Gasteiger partial charge in [-0.25, -0.2) is 19.1 Å². The molecule has 0 heterocycles. The maximum Gasteiger partial charge on any atom is 2.00 e. The Morgan fingerprint density at radius 2 is 1.67 bits per heavy atom. The maximum absolute atomic E-state index is 3.60. The van der Waals surface area contributed by atoms with E-state index in [0.29, 0.717) is 0 Å². The molecule has 0 rings (SSSR count). The van der Waals surface area contributed by atoms with Gasteiger partial charge in [0.15, 0.2) is 0 Å². The zero-order valence-corrected chi connectivity index (χ0v) is 9.66. The van der Waals surface area contributed by atoms with E-state index in [9.17, 15) is 0 Å². The van der Waals surface area contributed by atoms with Crippen molar-refractivity contribution in [3.05, 3.63) is 26.0 Å². The van der Waals surface area contributed by atoms with Crippen LogP contribution in [0.5, 0.6) is 0 Å². The third-order valence-corrected chi connectivity index (χ3v) is 0.589. The van der Waals surface area contributed by atoms with Crippen LogP contribution in [-0.4, -0.2) is 0 Å². The molecule has 0 nitrogen and oxygen atoms in total.